The molecule has 1 aromatic carbocycles. The Bertz CT molecular complexity index is 650. The molecule has 4 heteroatoms. The van der Waals surface area contributed by atoms with Crippen molar-refractivity contribution in [2.24, 2.45) is 0 Å². The van der Waals surface area contributed by atoms with Gasteiger partial charge in [-0.25, -0.2) is 4.98 Å². The normalized spacial score (nSPS) is 18.6. The molecule has 0 bridgehead atoms. The average Bonchev–Trinajstić information content (AvgIpc) is 2.96. The quantitative estimate of drug-likeness (QED) is 0.848. The summed E-state index contributed by atoms with van der Waals surface area (Å²) in [7, 11) is 4.39. The van der Waals surface area contributed by atoms with Crippen LogP contribution in [-0.4, -0.2) is 41.5 Å². The molecule has 0 spiro atoms. The number of oxazole rings is 1. The largest absolute Gasteiger partial charge is 0.448 e. The number of fused-ring (bicyclic) bond motifs is 1. The smallest absolute Gasteiger partial charge is 0.196 e. The summed E-state index contributed by atoms with van der Waals surface area (Å²) in [6.07, 6.45) is 2.92. The van der Waals surface area contributed by atoms with E-state index in [4.69, 9.17) is 4.42 Å². The zero-order valence-electron chi connectivity index (χ0n) is 14.6. The zero-order chi connectivity index (χ0) is 16.4. The van der Waals surface area contributed by atoms with Crippen LogP contribution in [0.5, 0.6) is 0 Å². The van der Waals surface area contributed by atoms with Gasteiger partial charge in [0, 0.05) is 31.6 Å². The fourth-order valence-corrected chi connectivity index (χ4v) is 3.28. The summed E-state index contributed by atoms with van der Waals surface area (Å²) in [5, 5.41) is 0. The summed E-state index contributed by atoms with van der Waals surface area (Å²) in [4.78, 5) is 9.38. The molecule has 23 heavy (non-hydrogen) atoms. The first kappa shape index (κ1) is 16.2. The van der Waals surface area contributed by atoms with Crippen LogP contribution in [0.15, 0.2) is 34.9 Å². The molecular formula is C19H27N3O. The van der Waals surface area contributed by atoms with Crippen molar-refractivity contribution in [2.75, 3.05) is 20.6 Å². The maximum absolute atomic E-state index is 5.54. The van der Waals surface area contributed by atoms with E-state index in [9.17, 15) is 0 Å². The molecule has 124 valence electrons. The third-order valence-electron chi connectivity index (χ3n) is 4.63. The second-order valence-electron chi connectivity index (χ2n) is 7.07. The van der Waals surface area contributed by atoms with E-state index in [0.717, 1.165) is 37.6 Å². The highest BCUT2D eigenvalue weighted by Gasteiger charge is 2.24. The first-order valence-electron chi connectivity index (χ1n) is 8.42. The van der Waals surface area contributed by atoms with Crippen LogP contribution in [0, 0.1) is 0 Å². The Morgan fingerprint density at radius 2 is 2.04 bits per heavy atom. The molecule has 0 saturated heterocycles. The third-order valence-corrected chi connectivity index (χ3v) is 4.63. The highest BCUT2D eigenvalue weighted by molar-refractivity contribution is 5.30. The minimum atomic E-state index is 0.343. The molecule has 1 aliphatic heterocycles. The molecule has 4 nitrogen and oxygen atoms in total. The van der Waals surface area contributed by atoms with Crippen LogP contribution >= 0.6 is 0 Å². The highest BCUT2D eigenvalue weighted by Crippen LogP contribution is 2.22. The molecule has 1 aliphatic rings. The van der Waals surface area contributed by atoms with Crippen molar-refractivity contribution in [3.63, 3.8) is 0 Å². The average molecular weight is 313 g/mol. The van der Waals surface area contributed by atoms with E-state index in [1.54, 1.807) is 6.26 Å². The summed E-state index contributed by atoms with van der Waals surface area (Å²) in [6, 6.07) is 9.34. The molecule has 0 saturated carbocycles. The molecule has 1 atom stereocenters. The van der Waals surface area contributed by atoms with Crippen LogP contribution in [0.25, 0.3) is 0 Å². The van der Waals surface area contributed by atoms with Crippen molar-refractivity contribution in [3.8, 4) is 0 Å². The molecule has 0 radical (unpaired) electrons. The first-order chi connectivity index (χ1) is 11.0. The lowest BCUT2D eigenvalue weighted by atomic mass is 9.94. The number of aromatic nitrogens is 1. The van der Waals surface area contributed by atoms with Gasteiger partial charge in [0.15, 0.2) is 5.89 Å². The van der Waals surface area contributed by atoms with Crippen molar-refractivity contribution in [2.45, 2.75) is 45.3 Å². The Hall–Kier alpha value is -1.65. The summed E-state index contributed by atoms with van der Waals surface area (Å²) in [6.45, 7) is 7.12. The van der Waals surface area contributed by atoms with Crippen molar-refractivity contribution >= 4 is 0 Å². The Balaban J connectivity index is 1.60. The van der Waals surface area contributed by atoms with Gasteiger partial charge >= 0.3 is 0 Å². The number of hydrogen-bond acceptors (Lipinski definition) is 4. The summed E-state index contributed by atoms with van der Waals surface area (Å²) in [5.74, 6) is 1.17. The number of hydrogen-bond donors (Lipinski definition) is 0. The number of nitrogens with zero attached hydrogens (tertiary/aromatic N) is 3. The minimum Gasteiger partial charge on any atom is -0.448 e. The Kier molecular flexibility index (Phi) is 4.83. The van der Waals surface area contributed by atoms with E-state index < -0.39 is 0 Å². The van der Waals surface area contributed by atoms with E-state index in [1.807, 2.05) is 0 Å². The zero-order valence-corrected chi connectivity index (χ0v) is 14.6. The van der Waals surface area contributed by atoms with Crippen LogP contribution in [0.2, 0.25) is 0 Å². The van der Waals surface area contributed by atoms with Gasteiger partial charge in [0.2, 0.25) is 0 Å². The fourth-order valence-electron chi connectivity index (χ4n) is 3.28. The molecular weight excluding hydrogens is 286 g/mol. The molecule has 0 fully saturated rings. The Morgan fingerprint density at radius 1 is 1.30 bits per heavy atom. The van der Waals surface area contributed by atoms with Gasteiger partial charge in [0.1, 0.15) is 6.26 Å². The van der Waals surface area contributed by atoms with Crippen molar-refractivity contribution in [1.82, 2.24) is 14.8 Å². The van der Waals surface area contributed by atoms with Crippen LogP contribution in [0.4, 0.5) is 0 Å². The van der Waals surface area contributed by atoms with Gasteiger partial charge in [-0.3, -0.25) is 9.80 Å². The molecule has 0 aliphatic carbocycles. The number of rotatable bonds is 5. The summed E-state index contributed by atoms with van der Waals surface area (Å²) >= 11 is 0. The topological polar surface area (TPSA) is 32.5 Å². The minimum absolute atomic E-state index is 0.343. The lowest BCUT2D eigenvalue weighted by Gasteiger charge is -2.36. The monoisotopic (exact) mass is 313 g/mol. The summed E-state index contributed by atoms with van der Waals surface area (Å²) < 4.78 is 5.54. The maximum Gasteiger partial charge on any atom is 0.196 e. The predicted molar refractivity (Wildman–Crippen MR) is 92.3 cm³/mol. The van der Waals surface area contributed by atoms with Crippen LogP contribution in [-0.2, 0) is 19.5 Å². The molecule has 0 unspecified atom stereocenters. The van der Waals surface area contributed by atoms with Gasteiger partial charge in [-0.2, -0.15) is 0 Å². The second kappa shape index (κ2) is 6.85. The van der Waals surface area contributed by atoms with Crippen LogP contribution < -0.4 is 0 Å². The first-order valence-corrected chi connectivity index (χ1v) is 8.42. The fraction of sp³-hybridized carbons (Fsp3) is 0.526. The van der Waals surface area contributed by atoms with Crippen molar-refractivity contribution < 1.29 is 4.42 Å². The van der Waals surface area contributed by atoms with Gasteiger partial charge in [-0.15, -0.1) is 0 Å². The number of likely N-dealkylation sites (N-methyl/N-ethyl adjacent to an activating group) is 2. The van der Waals surface area contributed by atoms with E-state index in [2.05, 4.69) is 67.0 Å². The van der Waals surface area contributed by atoms with Gasteiger partial charge in [-0.05, 0) is 31.6 Å². The van der Waals surface area contributed by atoms with Crippen molar-refractivity contribution in [3.05, 3.63) is 53.2 Å². The van der Waals surface area contributed by atoms with Crippen molar-refractivity contribution in [1.29, 1.82) is 0 Å². The molecule has 2 heterocycles. The lowest BCUT2D eigenvalue weighted by molar-refractivity contribution is 0.158. The Morgan fingerprint density at radius 3 is 2.74 bits per heavy atom. The van der Waals surface area contributed by atoms with E-state index in [-0.39, 0.29) is 0 Å². The van der Waals surface area contributed by atoms with E-state index >= 15 is 0 Å². The van der Waals surface area contributed by atoms with E-state index in [0.29, 0.717) is 12.0 Å². The SMILES string of the molecule is CC(C)c1nc(CN(C)C[C@H]2Cc3ccccc3CN2C)co1. The third kappa shape index (κ3) is 3.82. The van der Waals surface area contributed by atoms with E-state index in [1.165, 1.54) is 11.1 Å². The second-order valence-corrected chi connectivity index (χ2v) is 7.07. The van der Waals surface area contributed by atoms with Crippen LogP contribution in [0.3, 0.4) is 0 Å². The highest BCUT2D eigenvalue weighted by atomic mass is 16.3. The molecule has 0 amide bonds. The van der Waals surface area contributed by atoms with Gasteiger partial charge in [0.25, 0.3) is 0 Å². The molecule has 2 aromatic rings. The number of benzene rings is 1. The van der Waals surface area contributed by atoms with Gasteiger partial charge in [0.05, 0.1) is 5.69 Å². The Labute approximate surface area is 139 Å². The molecule has 0 N–H and O–H groups in total. The maximum atomic E-state index is 5.54. The standard InChI is InChI=1S/C19H27N3O/c1-14(2)19-20-17(13-23-19)11-21(3)12-18-9-15-7-5-6-8-16(15)10-22(18)4/h5-8,13-14,18H,9-12H2,1-4H3/t18-/m1/s1. The molecule has 3 rings (SSSR count). The van der Waals surface area contributed by atoms with Gasteiger partial charge in [-0.1, -0.05) is 38.1 Å². The predicted octanol–water partition coefficient (Wildman–Crippen LogP) is 3.29. The summed E-state index contributed by atoms with van der Waals surface area (Å²) in [5.41, 5.74) is 3.98. The van der Waals surface area contributed by atoms with Gasteiger partial charge < -0.3 is 4.42 Å². The lowest BCUT2D eigenvalue weighted by Crippen LogP contribution is -2.44. The molecule has 1 aromatic heterocycles. The van der Waals surface area contributed by atoms with Crippen LogP contribution in [0.1, 0.15) is 42.5 Å².